The third kappa shape index (κ3) is 3.76. The Labute approximate surface area is 136 Å². The van der Waals surface area contributed by atoms with Crippen molar-refractivity contribution in [3.05, 3.63) is 48.0 Å². The summed E-state index contributed by atoms with van der Waals surface area (Å²) in [6, 6.07) is 4.38. The summed E-state index contributed by atoms with van der Waals surface area (Å²) in [5.41, 5.74) is 1.90. The molecule has 0 N–H and O–H groups in total. The van der Waals surface area contributed by atoms with Gasteiger partial charge in [0.15, 0.2) is 0 Å². The van der Waals surface area contributed by atoms with E-state index in [1.165, 1.54) is 5.56 Å². The third-order valence-corrected chi connectivity index (χ3v) is 4.51. The lowest BCUT2D eigenvalue weighted by Crippen LogP contribution is -2.45. The van der Waals surface area contributed by atoms with Crippen molar-refractivity contribution in [3.63, 3.8) is 0 Å². The van der Waals surface area contributed by atoms with Gasteiger partial charge in [-0.2, -0.15) is 5.10 Å². The Morgan fingerprint density at radius 2 is 2.13 bits per heavy atom. The lowest BCUT2D eigenvalue weighted by molar-refractivity contribution is 0.0636. The minimum atomic E-state index is 0.0591. The van der Waals surface area contributed by atoms with E-state index in [2.05, 4.69) is 21.0 Å². The number of amides is 1. The molecule has 3 heterocycles. The zero-order chi connectivity index (χ0) is 16.2. The predicted octanol–water partition coefficient (Wildman–Crippen LogP) is 1.55. The van der Waals surface area contributed by atoms with E-state index in [4.69, 9.17) is 0 Å². The smallest absolute Gasteiger partial charge is 0.257 e. The van der Waals surface area contributed by atoms with E-state index >= 15 is 0 Å². The fourth-order valence-corrected chi connectivity index (χ4v) is 3.12. The van der Waals surface area contributed by atoms with Crippen LogP contribution in [0, 0.1) is 0 Å². The minimum Gasteiger partial charge on any atom is -0.339 e. The van der Waals surface area contributed by atoms with Crippen LogP contribution >= 0.6 is 0 Å². The predicted molar refractivity (Wildman–Crippen MR) is 87.8 cm³/mol. The monoisotopic (exact) mass is 313 g/mol. The van der Waals surface area contributed by atoms with E-state index in [9.17, 15) is 4.79 Å². The van der Waals surface area contributed by atoms with Crippen molar-refractivity contribution >= 4 is 5.91 Å². The molecule has 0 atom stereocenters. The number of hydrogen-bond acceptors (Lipinski definition) is 4. The number of carbonyl (C=O) groups is 1. The first kappa shape index (κ1) is 15.7. The lowest BCUT2D eigenvalue weighted by Gasteiger charge is -2.36. The normalized spacial score (nSPS) is 16.4. The third-order valence-electron chi connectivity index (χ3n) is 4.51. The van der Waals surface area contributed by atoms with Gasteiger partial charge in [-0.3, -0.25) is 19.4 Å². The number of rotatable bonds is 4. The van der Waals surface area contributed by atoms with Crippen molar-refractivity contribution in [2.75, 3.05) is 20.1 Å². The summed E-state index contributed by atoms with van der Waals surface area (Å²) in [5.74, 6) is 0.0591. The maximum Gasteiger partial charge on any atom is 0.257 e. The van der Waals surface area contributed by atoms with E-state index in [0.717, 1.165) is 32.5 Å². The Hall–Kier alpha value is -2.21. The molecule has 0 spiro atoms. The Balaban J connectivity index is 1.53. The second-order valence-electron chi connectivity index (χ2n) is 6.19. The SMILES string of the molecule is CN(C(=O)c1cnn(C)c1)C1CCN(Cc2cccnc2)CC1. The molecule has 3 rings (SSSR count). The molecule has 2 aromatic rings. The van der Waals surface area contributed by atoms with Crippen LogP contribution in [-0.2, 0) is 13.6 Å². The molecule has 0 unspecified atom stereocenters. The lowest BCUT2D eigenvalue weighted by atomic mass is 10.0. The number of piperidine rings is 1. The van der Waals surface area contributed by atoms with Gasteiger partial charge >= 0.3 is 0 Å². The standard InChI is InChI=1S/C17H23N5O/c1-20-13-15(11-19-20)17(23)21(2)16-5-8-22(9-6-16)12-14-4-3-7-18-10-14/h3-4,7,10-11,13,16H,5-6,8-9,12H2,1-2H3. The van der Waals surface area contributed by atoms with E-state index in [1.54, 1.807) is 23.3 Å². The molecular formula is C17H23N5O. The first-order chi connectivity index (χ1) is 11.1. The molecular weight excluding hydrogens is 290 g/mol. The molecule has 6 heteroatoms. The number of nitrogens with zero attached hydrogens (tertiary/aromatic N) is 5. The van der Waals surface area contributed by atoms with Crippen molar-refractivity contribution in [2.24, 2.45) is 7.05 Å². The van der Waals surface area contributed by atoms with Gasteiger partial charge in [0.2, 0.25) is 0 Å². The largest absolute Gasteiger partial charge is 0.339 e. The molecule has 0 aromatic carbocycles. The number of aromatic nitrogens is 3. The maximum absolute atomic E-state index is 12.5. The second kappa shape index (κ2) is 6.91. The van der Waals surface area contributed by atoms with Gasteiger partial charge < -0.3 is 4.90 Å². The molecule has 1 aliphatic rings. The summed E-state index contributed by atoms with van der Waals surface area (Å²) < 4.78 is 1.66. The second-order valence-corrected chi connectivity index (χ2v) is 6.19. The van der Waals surface area contributed by atoms with Crippen LogP contribution in [-0.4, -0.2) is 56.7 Å². The molecule has 2 aromatic heterocycles. The van der Waals surface area contributed by atoms with Crippen molar-refractivity contribution in [1.29, 1.82) is 0 Å². The average molecular weight is 313 g/mol. The first-order valence-corrected chi connectivity index (χ1v) is 8.00. The summed E-state index contributed by atoms with van der Waals surface area (Å²) in [6.07, 6.45) is 9.14. The highest BCUT2D eigenvalue weighted by atomic mass is 16.2. The van der Waals surface area contributed by atoms with Crippen LogP contribution in [0.25, 0.3) is 0 Å². The quantitative estimate of drug-likeness (QED) is 0.859. The molecule has 1 saturated heterocycles. The van der Waals surface area contributed by atoms with Crippen LogP contribution in [0.5, 0.6) is 0 Å². The molecule has 1 aliphatic heterocycles. The zero-order valence-electron chi connectivity index (χ0n) is 13.7. The van der Waals surface area contributed by atoms with Crippen LogP contribution in [0.4, 0.5) is 0 Å². The van der Waals surface area contributed by atoms with Gasteiger partial charge in [0.05, 0.1) is 11.8 Å². The Morgan fingerprint density at radius 1 is 1.35 bits per heavy atom. The number of carbonyl (C=O) groups excluding carboxylic acids is 1. The van der Waals surface area contributed by atoms with Gasteiger partial charge in [-0.25, -0.2) is 0 Å². The molecule has 0 saturated carbocycles. The van der Waals surface area contributed by atoms with E-state index < -0.39 is 0 Å². The Morgan fingerprint density at radius 3 is 2.74 bits per heavy atom. The number of pyridine rings is 1. The minimum absolute atomic E-state index is 0.0591. The van der Waals surface area contributed by atoms with Gasteiger partial charge in [0, 0.05) is 58.4 Å². The first-order valence-electron chi connectivity index (χ1n) is 8.00. The van der Waals surface area contributed by atoms with Crippen molar-refractivity contribution in [2.45, 2.75) is 25.4 Å². The van der Waals surface area contributed by atoms with Crippen molar-refractivity contribution in [1.82, 2.24) is 24.6 Å². The molecule has 1 amide bonds. The summed E-state index contributed by atoms with van der Waals surface area (Å²) in [5, 5.41) is 4.08. The van der Waals surface area contributed by atoms with E-state index in [-0.39, 0.29) is 5.91 Å². The van der Waals surface area contributed by atoms with E-state index in [0.29, 0.717) is 11.6 Å². The molecule has 0 aliphatic carbocycles. The fraction of sp³-hybridized carbons (Fsp3) is 0.471. The van der Waals surface area contributed by atoms with Crippen molar-refractivity contribution < 1.29 is 4.79 Å². The topological polar surface area (TPSA) is 54.3 Å². The molecule has 122 valence electrons. The molecule has 0 bridgehead atoms. The molecule has 6 nitrogen and oxygen atoms in total. The average Bonchev–Trinajstić information content (AvgIpc) is 3.02. The van der Waals surface area contributed by atoms with Gasteiger partial charge in [-0.15, -0.1) is 0 Å². The van der Waals surface area contributed by atoms with Gasteiger partial charge in [0.25, 0.3) is 5.91 Å². The van der Waals surface area contributed by atoms with Gasteiger partial charge in [-0.05, 0) is 24.5 Å². The Kier molecular flexibility index (Phi) is 4.71. The van der Waals surface area contributed by atoms with Crippen LogP contribution in [0.15, 0.2) is 36.9 Å². The highest BCUT2D eigenvalue weighted by molar-refractivity contribution is 5.93. The van der Waals surface area contributed by atoms with Crippen LogP contribution in [0.3, 0.4) is 0 Å². The highest BCUT2D eigenvalue weighted by Crippen LogP contribution is 2.19. The highest BCUT2D eigenvalue weighted by Gasteiger charge is 2.26. The maximum atomic E-state index is 12.5. The molecule has 1 fully saturated rings. The summed E-state index contributed by atoms with van der Waals surface area (Å²) in [4.78, 5) is 20.9. The van der Waals surface area contributed by atoms with Crippen LogP contribution < -0.4 is 0 Å². The number of hydrogen-bond donors (Lipinski definition) is 0. The van der Waals surface area contributed by atoms with Crippen LogP contribution in [0.2, 0.25) is 0 Å². The van der Waals surface area contributed by atoms with Crippen molar-refractivity contribution in [3.8, 4) is 0 Å². The fourth-order valence-electron chi connectivity index (χ4n) is 3.12. The zero-order valence-corrected chi connectivity index (χ0v) is 13.7. The molecule has 23 heavy (non-hydrogen) atoms. The summed E-state index contributed by atoms with van der Waals surface area (Å²) in [6.45, 7) is 2.94. The summed E-state index contributed by atoms with van der Waals surface area (Å²) in [7, 11) is 3.73. The summed E-state index contributed by atoms with van der Waals surface area (Å²) >= 11 is 0. The van der Waals surface area contributed by atoms with Crippen LogP contribution in [0.1, 0.15) is 28.8 Å². The number of likely N-dealkylation sites (tertiary alicyclic amines) is 1. The Bertz CT molecular complexity index is 646. The molecule has 0 radical (unpaired) electrons. The number of aryl methyl sites for hydroxylation is 1. The van der Waals surface area contributed by atoms with E-state index in [1.807, 2.05) is 31.3 Å². The van der Waals surface area contributed by atoms with Gasteiger partial charge in [-0.1, -0.05) is 6.07 Å². The van der Waals surface area contributed by atoms with Gasteiger partial charge in [0.1, 0.15) is 0 Å².